The van der Waals surface area contributed by atoms with Crippen LogP contribution in [0.15, 0.2) is 0 Å². The summed E-state index contributed by atoms with van der Waals surface area (Å²) in [4.78, 5) is 16.0. The van der Waals surface area contributed by atoms with Crippen molar-refractivity contribution in [3.8, 4) is 0 Å². The number of halogens is 1. The first-order valence-electron chi connectivity index (χ1n) is 5.24. The lowest BCUT2D eigenvalue weighted by molar-refractivity contribution is 0.0288. The van der Waals surface area contributed by atoms with E-state index in [0.29, 0.717) is 5.92 Å². The summed E-state index contributed by atoms with van der Waals surface area (Å²) in [7, 11) is 0. The molecule has 0 spiro atoms. The van der Waals surface area contributed by atoms with Gasteiger partial charge in [0, 0.05) is 19.6 Å². The molecule has 1 aliphatic heterocycles. The minimum Gasteiger partial charge on any atom is -0.444 e. The van der Waals surface area contributed by atoms with Gasteiger partial charge in [-0.3, -0.25) is 0 Å². The monoisotopic (exact) mass is 234 g/mol. The Bertz CT molecular complexity index is 228. The number of amides is 1. The van der Waals surface area contributed by atoms with Crippen molar-refractivity contribution in [2.75, 3.05) is 19.6 Å². The van der Waals surface area contributed by atoms with Crippen molar-refractivity contribution in [3.05, 3.63) is 0 Å². The SMILES string of the molecule is CC(C)(C)OC(=O)N1CC[C@H](CNCl)C1. The number of rotatable bonds is 2. The van der Waals surface area contributed by atoms with Crippen LogP contribution in [0.5, 0.6) is 0 Å². The molecule has 1 amide bonds. The molecule has 88 valence electrons. The van der Waals surface area contributed by atoms with Gasteiger partial charge in [-0.05, 0) is 44.9 Å². The Morgan fingerprint density at radius 2 is 2.27 bits per heavy atom. The van der Waals surface area contributed by atoms with E-state index >= 15 is 0 Å². The molecule has 1 N–H and O–H groups in total. The maximum atomic E-state index is 11.7. The fraction of sp³-hybridized carbons (Fsp3) is 0.900. The fourth-order valence-corrected chi connectivity index (χ4v) is 1.82. The molecule has 0 unspecified atom stereocenters. The van der Waals surface area contributed by atoms with E-state index in [9.17, 15) is 4.79 Å². The first-order valence-corrected chi connectivity index (χ1v) is 5.61. The van der Waals surface area contributed by atoms with Gasteiger partial charge in [0.05, 0.1) is 0 Å². The Balaban J connectivity index is 2.37. The normalized spacial score (nSPS) is 21.9. The van der Waals surface area contributed by atoms with E-state index in [-0.39, 0.29) is 6.09 Å². The van der Waals surface area contributed by atoms with Crippen LogP contribution in [0.2, 0.25) is 0 Å². The molecule has 1 atom stereocenters. The number of ether oxygens (including phenoxy) is 1. The maximum absolute atomic E-state index is 11.7. The molecule has 0 saturated carbocycles. The molecule has 0 aliphatic carbocycles. The lowest BCUT2D eigenvalue weighted by Gasteiger charge is -2.24. The second-order valence-corrected chi connectivity index (χ2v) is 5.19. The molecule has 0 bridgehead atoms. The summed E-state index contributed by atoms with van der Waals surface area (Å²) >= 11 is 5.43. The Kier molecular flexibility index (Phi) is 4.22. The van der Waals surface area contributed by atoms with Gasteiger partial charge in [-0.15, -0.1) is 0 Å². The van der Waals surface area contributed by atoms with E-state index in [0.717, 1.165) is 26.1 Å². The van der Waals surface area contributed by atoms with Crippen molar-refractivity contribution < 1.29 is 9.53 Å². The van der Waals surface area contributed by atoms with E-state index in [1.807, 2.05) is 20.8 Å². The van der Waals surface area contributed by atoms with Crippen LogP contribution < -0.4 is 4.84 Å². The fourth-order valence-electron chi connectivity index (χ4n) is 1.60. The standard InChI is InChI=1S/C10H19ClN2O2/c1-10(2,3)15-9(14)13-5-4-8(7-13)6-12-11/h8,12H,4-7H2,1-3H3/t8-/m1/s1. The van der Waals surface area contributed by atoms with Crippen molar-refractivity contribution in [3.63, 3.8) is 0 Å². The number of hydrogen-bond acceptors (Lipinski definition) is 3. The van der Waals surface area contributed by atoms with Crippen LogP contribution in [0, 0.1) is 5.92 Å². The van der Waals surface area contributed by atoms with Crippen LogP contribution in [0.4, 0.5) is 4.79 Å². The maximum Gasteiger partial charge on any atom is 0.410 e. The molecule has 15 heavy (non-hydrogen) atoms. The summed E-state index contributed by atoms with van der Waals surface area (Å²) in [6.07, 6.45) is 0.762. The smallest absolute Gasteiger partial charge is 0.410 e. The quantitative estimate of drug-likeness (QED) is 0.743. The average molecular weight is 235 g/mol. The predicted octanol–water partition coefficient (Wildman–Crippen LogP) is 1.99. The molecule has 1 fully saturated rings. The van der Waals surface area contributed by atoms with Crippen LogP contribution in [0.1, 0.15) is 27.2 Å². The molecule has 0 aromatic heterocycles. The Morgan fingerprint density at radius 1 is 1.60 bits per heavy atom. The largest absolute Gasteiger partial charge is 0.444 e. The zero-order valence-electron chi connectivity index (χ0n) is 9.55. The zero-order chi connectivity index (χ0) is 11.5. The summed E-state index contributed by atoms with van der Waals surface area (Å²) in [5.41, 5.74) is -0.417. The van der Waals surface area contributed by atoms with Gasteiger partial charge in [-0.2, -0.15) is 0 Å². The lowest BCUT2D eigenvalue weighted by atomic mass is 10.1. The van der Waals surface area contributed by atoms with Crippen molar-refractivity contribution in [2.24, 2.45) is 5.92 Å². The number of nitrogens with zero attached hydrogens (tertiary/aromatic N) is 1. The summed E-state index contributed by atoms with van der Waals surface area (Å²) in [6, 6.07) is 0. The van der Waals surface area contributed by atoms with Gasteiger partial charge in [0.15, 0.2) is 0 Å². The molecule has 1 heterocycles. The van der Waals surface area contributed by atoms with E-state index in [2.05, 4.69) is 4.84 Å². The summed E-state index contributed by atoms with van der Waals surface area (Å²) in [6.45, 7) is 7.85. The van der Waals surface area contributed by atoms with Crippen molar-refractivity contribution in [1.29, 1.82) is 0 Å². The molecule has 5 heteroatoms. The highest BCUT2D eigenvalue weighted by atomic mass is 35.5. The molecule has 1 aliphatic rings. The summed E-state index contributed by atoms with van der Waals surface area (Å²) in [5.74, 6) is 0.440. The molecule has 1 rings (SSSR count). The highest BCUT2D eigenvalue weighted by molar-refractivity contribution is 6.13. The van der Waals surface area contributed by atoms with Crippen molar-refractivity contribution in [1.82, 2.24) is 9.74 Å². The number of hydrogen-bond donors (Lipinski definition) is 1. The summed E-state index contributed by atoms with van der Waals surface area (Å²) < 4.78 is 5.28. The minimum absolute atomic E-state index is 0.223. The molecular formula is C10H19ClN2O2. The van der Waals surface area contributed by atoms with Gasteiger partial charge in [0.1, 0.15) is 5.60 Å². The number of likely N-dealkylation sites (tertiary alicyclic amines) is 1. The average Bonchev–Trinajstić information content (AvgIpc) is 2.50. The Morgan fingerprint density at radius 3 is 2.80 bits per heavy atom. The van der Waals surface area contributed by atoms with E-state index in [4.69, 9.17) is 16.5 Å². The minimum atomic E-state index is -0.417. The zero-order valence-corrected chi connectivity index (χ0v) is 10.3. The third-order valence-electron chi connectivity index (χ3n) is 2.30. The summed E-state index contributed by atoms with van der Waals surface area (Å²) in [5, 5.41) is 0. The highest BCUT2D eigenvalue weighted by Gasteiger charge is 2.29. The van der Waals surface area contributed by atoms with E-state index < -0.39 is 5.60 Å². The molecule has 0 radical (unpaired) electrons. The Labute approximate surface area is 96.0 Å². The number of nitrogens with one attached hydrogen (secondary N) is 1. The van der Waals surface area contributed by atoms with Crippen LogP contribution in [0.3, 0.4) is 0 Å². The van der Waals surface area contributed by atoms with Crippen LogP contribution >= 0.6 is 11.8 Å². The van der Waals surface area contributed by atoms with Gasteiger partial charge in [-0.25, -0.2) is 9.63 Å². The van der Waals surface area contributed by atoms with Gasteiger partial charge in [-0.1, -0.05) is 0 Å². The molecule has 0 aromatic rings. The van der Waals surface area contributed by atoms with Crippen LogP contribution in [-0.2, 0) is 4.74 Å². The van der Waals surface area contributed by atoms with Gasteiger partial charge in [0.2, 0.25) is 0 Å². The molecule has 0 aromatic carbocycles. The molecule has 1 saturated heterocycles. The topological polar surface area (TPSA) is 41.6 Å². The second kappa shape index (κ2) is 5.03. The number of carbonyl (C=O) groups is 1. The lowest BCUT2D eigenvalue weighted by Crippen LogP contribution is -2.35. The van der Waals surface area contributed by atoms with Crippen LogP contribution in [-0.4, -0.2) is 36.2 Å². The number of carbonyl (C=O) groups excluding carboxylic acids is 1. The van der Waals surface area contributed by atoms with E-state index in [1.165, 1.54) is 0 Å². The predicted molar refractivity (Wildman–Crippen MR) is 59.8 cm³/mol. The van der Waals surface area contributed by atoms with Crippen LogP contribution in [0.25, 0.3) is 0 Å². The third-order valence-corrected chi connectivity index (χ3v) is 2.46. The van der Waals surface area contributed by atoms with Gasteiger partial charge in [0.25, 0.3) is 0 Å². The first kappa shape index (κ1) is 12.6. The molecular weight excluding hydrogens is 216 g/mol. The van der Waals surface area contributed by atoms with E-state index in [1.54, 1.807) is 4.90 Å². The first-order chi connectivity index (χ1) is 6.92. The third kappa shape index (κ3) is 4.26. The van der Waals surface area contributed by atoms with Crippen molar-refractivity contribution in [2.45, 2.75) is 32.8 Å². The van der Waals surface area contributed by atoms with Gasteiger partial charge >= 0.3 is 6.09 Å². The Hall–Kier alpha value is -0.480. The highest BCUT2D eigenvalue weighted by Crippen LogP contribution is 2.18. The molecule has 4 nitrogen and oxygen atoms in total. The van der Waals surface area contributed by atoms with Gasteiger partial charge < -0.3 is 9.64 Å². The second-order valence-electron chi connectivity index (χ2n) is 4.92. The van der Waals surface area contributed by atoms with Crippen molar-refractivity contribution >= 4 is 17.9 Å².